The highest BCUT2D eigenvalue weighted by Crippen LogP contribution is 2.09. The molecule has 0 aliphatic carbocycles. The van der Waals surface area contributed by atoms with Crippen molar-refractivity contribution in [1.82, 2.24) is 5.32 Å². The summed E-state index contributed by atoms with van der Waals surface area (Å²) in [6, 6.07) is 0.710. The molecule has 0 saturated heterocycles. The van der Waals surface area contributed by atoms with Crippen LogP contribution in [0.4, 0.5) is 0 Å². The molecule has 0 heterocycles. The van der Waals surface area contributed by atoms with E-state index >= 15 is 0 Å². The third-order valence-corrected chi connectivity index (χ3v) is 2.94. The smallest absolute Gasteiger partial charge is 0.0466 e. The summed E-state index contributed by atoms with van der Waals surface area (Å²) in [7, 11) is 0. The summed E-state index contributed by atoms with van der Waals surface area (Å²) in [5.74, 6) is 0. The molecule has 0 radical (unpaired) electrons. The number of unbranched alkanes of at least 4 members (excludes halogenated alkanes) is 3. The third-order valence-electron chi connectivity index (χ3n) is 2.94. The van der Waals surface area contributed by atoms with Crippen molar-refractivity contribution in [2.75, 3.05) is 19.8 Å². The van der Waals surface area contributed by atoms with Gasteiger partial charge in [-0.1, -0.05) is 39.5 Å². The van der Waals surface area contributed by atoms with Crippen molar-refractivity contribution in [3.8, 4) is 0 Å². The SMILES string of the molecule is CCCCCCC(CCCOCC)NCC. The highest BCUT2D eigenvalue weighted by atomic mass is 16.5. The maximum absolute atomic E-state index is 5.38. The van der Waals surface area contributed by atoms with E-state index in [2.05, 4.69) is 26.1 Å². The zero-order valence-corrected chi connectivity index (χ0v) is 11.6. The molecule has 2 nitrogen and oxygen atoms in total. The Morgan fingerprint density at radius 1 is 0.938 bits per heavy atom. The van der Waals surface area contributed by atoms with Crippen LogP contribution >= 0.6 is 0 Å². The molecule has 0 aromatic rings. The number of hydrogen-bond donors (Lipinski definition) is 1. The minimum Gasteiger partial charge on any atom is -0.382 e. The summed E-state index contributed by atoms with van der Waals surface area (Å²) < 4.78 is 5.38. The van der Waals surface area contributed by atoms with E-state index in [0.29, 0.717) is 6.04 Å². The minimum absolute atomic E-state index is 0.710. The van der Waals surface area contributed by atoms with Crippen molar-refractivity contribution in [3.05, 3.63) is 0 Å². The predicted octanol–water partition coefficient (Wildman–Crippen LogP) is 3.75. The topological polar surface area (TPSA) is 21.3 Å². The monoisotopic (exact) mass is 229 g/mol. The standard InChI is InChI=1S/C14H31NO/c1-4-7-8-9-11-14(15-5-2)12-10-13-16-6-3/h14-15H,4-13H2,1-3H3. The Balaban J connectivity index is 3.45. The molecule has 0 aliphatic rings. The van der Waals surface area contributed by atoms with Gasteiger partial charge >= 0.3 is 0 Å². The molecule has 0 fully saturated rings. The van der Waals surface area contributed by atoms with Gasteiger partial charge in [0.2, 0.25) is 0 Å². The lowest BCUT2D eigenvalue weighted by Gasteiger charge is -2.17. The Morgan fingerprint density at radius 2 is 1.69 bits per heavy atom. The second-order valence-corrected chi connectivity index (χ2v) is 4.44. The number of hydrogen-bond acceptors (Lipinski definition) is 2. The molecule has 0 aromatic carbocycles. The highest BCUT2D eigenvalue weighted by Gasteiger charge is 2.06. The van der Waals surface area contributed by atoms with Crippen LogP contribution in [0.5, 0.6) is 0 Å². The fourth-order valence-electron chi connectivity index (χ4n) is 2.03. The van der Waals surface area contributed by atoms with Gasteiger partial charge in [0.15, 0.2) is 0 Å². The van der Waals surface area contributed by atoms with Crippen molar-refractivity contribution < 1.29 is 4.74 Å². The number of nitrogens with one attached hydrogen (secondary N) is 1. The molecule has 1 N–H and O–H groups in total. The van der Waals surface area contributed by atoms with Crippen molar-refractivity contribution in [3.63, 3.8) is 0 Å². The average molecular weight is 229 g/mol. The quantitative estimate of drug-likeness (QED) is 0.515. The van der Waals surface area contributed by atoms with Crippen LogP contribution in [0.1, 0.15) is 65.7 Å². The molecule has 0 aliphatic heterocycles. The summed E-state index contributed by atoms with van der Waals surface area (Å²) in [5, 5.41) is 3.58. The first-order valence-electron chi connectivity index (χ1n) is 7.16. The van der Waals surface area contributed by atoms with Gasteiger partial charge in [0.25, 0.3) is 0 Å². The van der Waals surface area contributed by atoms with E-state index < -0.39 is 0 Å². The Morgan fingerprint density at radius 3 is 2.31 bits per heavy atom. The predicted molar refractivity (Wildman–Crippen MR) is 72.0 cm³/mol. The first-order valence-corrected chi connectivity index (χ1v) is 7.16. The van der Waals surface area contributed by atoms with Gasteiger partial charge in [0.1, 0.15) is 0 Å². The van der Waals surface area contributed by atoms with Crippen molar-refractivity contribution in [1.29, 1.82) is 0 Å². The molecule has 1 unspecified atom stereocenters. The first kappa shape index (κ1) is 15.9. The first-order chi connectivity index (χ1) is 7.85. The lowest BCUT2D eigenvalue weighted by molar-refractivity contribution is 0.140. The molecular formula is C14H31NO. The zero-order chi connectivity index (χ0) is 12.1. The summed E-state index contributed by atoms with van der Waals surface area (Å²) in [6.07, 6.45) is 9.28. The molecule has 16 heavy (non-hydrogen) atoms. The van der Waals surface area contributed by atoms with Crippen LogP contribution in [0, 0.1) is 0 Å². The fraction of sp³-hybridized carbons (Fsp3) is 1.00. The van der Waals surface area contributed by atoms with Gasteiger partial charge in [-0.3, -0.25) is 0 Å². The van der Waals surface area contributed by atoms with Crippen molar-refractivity contribution in [2.45, 2.75) is 71.8 Å². The summed E-state index contributed by atoms with van der Waals surface area (Å²) in [6.45, 7) is 9.39. The maximum Gasteiger partial charge on any atom is 0.0466 e. The largest absolute Gasteiger partial charge is 0.382 e. The van der Waals surface area contributed by atoms with E-state index in [1.807, 2.05) is 0 Å². The van der Waals surface area contributed by atoms with E-state index in [0.717, 1.165) is 19.8 Å². The number of rotatable bonds is 12. The molecule has 0 bridgehead atoms. The van der Waals surface area contributed by atoms with E-state index in [1.54, 1.807) is 0 Å². The second kappa shape index (κ2) is 13.0. The van der Waals surface area contributed by atoms with Crippen molar-refractivity contribution >= 4 is 0 Å². The highest BCUT2D eigenvalue weighted by molar-refractivity contribution is 4.66. The van der Waals surface area contributed by atoms with Crippen molar-refractivity contribution in [2.24, 2.45) is 0 Å². The van der Waals surface area contributed by atoms with Gasteiger partial charge in [-0.05, 0) is 32.7 Å². The molecule has 0 saturated carbocycles. The van der Waals surface area contributed by atoms with E-state index in [9.17, 15) is 0 Å². The Labute approximate surface area is 102 Å². The third kappa shape index (κ3) is 10.4. The minimum atomic E-state index is 0.710. The normalized spacial score (nSPS) is 12.9. The van der Waals surface area contributed by atoms with Crippen LogP contribution < -0.4 is 5.32 Å². The van der Waals surface area contributed by atoms with Gasteiger partial charge in [0.05, 0.1) is 0 Å². The van der Waals surface area contributed by atoms with E-state index in [-0.39, 0.29) is 0 Å². The maximum atomic E-state index is 5.38. The molecular weight excluding hydrogens is 198 g/mol. The van der Waals surface area contributed by atoms with Gasteiger partial charge in [-0.25, -0.2) is 0 Å². The van der Waals surface area contributed by atoms with Gasteiger partial charge in [-0.2, -0.15) is 0 Å². The number of ether oxygens (including phenoxy) is 1. The van der Waals surface area contributed by atoms with Gasteiger partial charge in [0, 0.05) is 19.3 Å². The molecule has 0 aromatic heterocycles. The average Bonchev–Trinajstić information content (AvgIpc) is 2.30. The summed E-state index contributed by atoms with van der Waals surface area (Å²) in [5.41, 5.74) is 0. The van der Waals surface area contributed by atoms with Crippen LogP contribution in [0.3, 0.4) is 0 Å². The van der Waals surface area contributed by atoms with Gasteiger partial charge < -0.3 is 10.1 Å². The van der Waals surface area contributed by atoms with Crippen LogP contribution in [0.15, 0.2) is 0 Å². The molecule has 2 heteroatoms. The molecule has 1 atom stereocenters. The van der Waals surface area contributed by atoms with Crippen LogP contribution in [-0.2, 0) is 4.74 Å². The van der Waals surface area contributed by atoms with E-state index in [1.165, 1.54) is 44.9 Å². The Kier molecular flexibility index (Phi) is 12.9. The van der Waals surface area contributed by atoms with E-state index in [4.69, 9.17) is 4.74 Å². The van der Waals surface area contributed by atoms with Crippen LogP contribution in [-0.4, -0.2) is 25.8 Å². The molecule has 0 spiro atoms. The Bertz CT molecular complexity index is 116. The molecule has 0 amide bonds. The second-order valence-electron chi connectivity index (χ2n) is 4.44. The zero-order valence-electron chi connectivity index (χ0n) is 11.6. The lowest BCUT2D eigenvalue weighted by Crippen LogP contribution is -2.29. The van der Waals surface area contributed by atoms with Crippen LogP contribution in [0.25, 0.3) is 0 Å². The molecule has 0 rings (SSSR count). The van der Waals surface area contributed by atoms with Gasteiger partial charge in [-0.15, -0.1) is 0 Å². The van der Waals surface area contributed by atoms with Crippen LogP contribution in [0.2, 0.25) is 0 Å². The summed E-state index contributed by atoms with van der Waals surface area (Å²) in [4.78, 5) is 0. The summed E-state index contributed by atoms with van der Waals surface area (Å²) >= 11 is 0. The Hall–Kier alpha value is -0.0800. The fourth-order valence-corrected chi connectivity index (χ4v) is 2.03. The lowest BCUT2D eigenvalue weighted by atomic mass is 10.0. The molecule has 98 valence electrons.